The average Bonchev–Trinajstić information content (AvgIpc) is 3.33. The fourth-order valence-electron chi connectivity index (χ4n) is 5.15. The second kappa shape index (κ2) is 4.32. The molecule has 0 unspecified atom stereocenters. The highest BCUT2D eigenvalue weighted by atomic mass is 16.6. The predicted molar refractivity (Wildman–Crippen MR) is 85.0 cm³/mol. The lowest BCUT2D eigenvalue weighted by atomic mass is 9.63. The molecule has 6 atom stereocenters. The van der Waals surface area contributed by atoms with E-state index in [4.69, 9.17) is 0 Å². The smallest absolute Gasteiger partial charge is 0.271 e. The van der Waals surface area contributed by atoms with E-state index < -0.39 is 4.92 Å². The minimum absolute atomic E-state index is 0.102. The van der Waals surface area contributed by atoms with E-state index in [0.717, 1.165) is 6.42 Å². The maximum atomic E-state index is 13.0. The van der Waals surface area contributed by atoms with E-state index in [1.807, 2.05) is 0 Å². The lowest BCUT2D eigenvalue weighted by molar-refractivity contribution is -0.384. The van der Waals surface area contributed by atoms with Gasteiger partial charge in [-0.3, -0.25) is 19.7 Å². The van der Waals surface area contributed by atoms with Crippen molar-refractivity contribution in [3.8, 4) is 0 Å². The summed E-state index contributed by atoms with van der Waals surface area (Å²) in [5.41, 5.74) is 0.961. The van der Waals surface area contributed by atoms with E-state index >= 15 is 0 Å². The van der Waals surface area contributed by atoms with Gasteiger partial charge in [0.25, 0.3) is 5.69 Å². The van der Waals surface area contributed by atoms with Crippen molar-refractivity contribution in [2.24, 2.45) is 35.5 Å². The molecule has 0 radical (unpaired) electrons. The summed E-state index contributed by atoms with van der Waals surface area (Å²) in [4.78, 5) is 37.9. The topological polar surface area (TPSA) is 80.5 Å². The minimum Gasteiger partial charge on any atom is -0.274 e. The first-order chi connectivity index (χ1) is 11.5. The molecule has 4 aliphatic carbocycles. The number of hydrogen-bond acceptors (Lipinski definition) is 4. The Balaban J connectivity index is 1.60. The maximum Gasteiger partial charge on any atom is 0.271 e. The van der Waals surface area contributed by atoms with Crippen LogP contribution in [-0.2, 0) is 9.59 Å². The molecule has 2 bridgehead atoms. The number of nitrogens with zero attached hydrogens (tertiary/aromatic N) is 2. The first-order valence-corrected chi connectivity index (χ1v) is 8.30. The van der Waals surface area contributed by atoms with Gasteiger partial charge in [0, 0.05) is 12.1 Å². The summed E-state index contributed by atoms with van der Waals surface area (Å²) in [6.45, 7) is 1.77. The SMILES string of the molecule is Cc1ccc([N+](=O)[O-])cc1N1C(=O)[C@@H]2[C@H]3C=C[C@@H]([C@@H]4C[C@@H]34)[C@H]2C1=O. The summed E-state index contributed by atoms with van der Waals surface area (Å²) in [5, 5.41) is 11.1. The number of benzene rings is 1. The van der Waals surface area contributed by atoms with Crippen LogP contribution in [0.3, 0.4) is 0 Å². The van der Waals surface area contributed by atoms with Crippen LogP contribution in [0.25, 0.3) is 0 Å². The number of allylic oxidation sites excluding steroid dienone is 2. The number of nitro groups is 1. The molecule has 2 amide bonds. The van der Waals surface area contributed by atoms with Crippen molar-refractivity contribution in [2.75, 3.05) is 4.90 Å². The second-order valence-electron chi connectivity index (χ2n) is 7.39. The zero-order chi connectivity index (χ0) is 16.7. The van der Waals surface area contributed by atoms with Gasteiger partial charge >= 0.3 is 0 Å². The quantitative estimate of drug-likeness (QED) is 0.362. The van der Waals surface area contributed by atoms with Crippen LogP contribution in [0.15, 0.2) is 30.4 Å². The van der Waals surface area contributed by atoms with Gasteiger partial charge in [-0.15, -0.1) is 0 Å². The Bertz CT molecular complexity index is 809. The number of carbonyl (C=O) groups is 2. The average molecular weight is 324 g/mol. The number of anilines is 1. The normalized spacial score (nSPS) is 38.3. The van der Waals surface area contributed by atoms with E-state index in [1.54, 1.807) is 13.0 Å². The van der Waals surface area contributed by atoms with E-state index in [-0.39, 0.29) is 41.2 Å². The van der Waals surface area contributed by atoms with Crippen molar-refractivity contribution in [2.45, 2.75) is 13.3 Å². The Morgan fingerprint density at radius 1 is 1.08 bits per heavy atom. The van der Waals surface area contributed by atoms with Crippen LogP contribution in [0.5, 0.6) is 0 Å². The van der Waals surface area contributed by atoms with Crippen LogP contribution in [0, 0.1) is 52.5 Å². The summed E-state index contributed by atoms with van der Waals surface area (Å²) in [6, 6.07) is 4.34. The number of carbonyl (C=O) groups excluding carboxylic acids is 2. The van der Waals surface area contributed by atoms with Gasteiger partial charge in [0.2, 0.25) is 11.8 Å². The molecule has 0 N–H and O–H groups in total. The number of aryl methyl sites for hydroxylation is 1. The molecule has 24 heavy (non-hydrogen) atoms. The fraction of sp³-hybridized carbons (Fsp3) is 0.444. The third-order valence-corrected chi connectivity index (χ3v) is 6.31. The first-order valence-electron chi connectivity index (χ1n) is 8.30. The zero-order valence-corrected chi connectivity index (χ0v) is 13.1. The van der Waals surface area contributed by atoms with Crippen molar-refractivity contribution < 1.29 is 14.5 Å². The Morgan fingerprint density at radius 2 is 1.67 bits per heavy atom. The number of amides is 2. The summed E-state index contributed by atoms with van der Waals surface area (Å²) in [7, 11) is 0. The van der Waals surface area contributed by atoms with Gasteiger partial charge in [0.1, 0.15) is 0 Å². The van der Waals surface area contributed by atoms with Crippen molar-refractivity contribution in [3.63, 3.8) is 0 Å². The molecule has 5 aliphatic rings. The van der Waals surface area contributed by atoms with Crippen LogP contribution in [0.4, 0.5) is 11.4 Å². The molecule has 6 rings (SSSR count). The van der Waals surface area contributed by atoms with Gasteiger partial charge in [0.05, 0.1) is 22.4 Å². The molecular formula is C18H16N2O4. The standard InChI is InChI=1S/C18H16N2O4/c1-8-2-3-9(20(23)24)6-14(8)19-17(21)15-10-4-5-11(13-7-12(10)13)16(15)18(19)22/h2-6,10-13,15-16H,7H2,1H3/t10-,11-,12-,13-,15+,16+/m0/s1. The van der Waals surface area contributed by atoms with E-state index in [1.165, 1.54) is 17.0 Å². The van der Waals surface area contributed by atoms with E-state index in [9.17, 15) is 19.7 Å². The highest BCUT2D eigenvalue weighted by Gasteiger charge is 2.67. The summed E-state index contributed by atoms with van der Waals surface area (Å²) >= 11 is 0. The van der Waals surface area contributed by atoms with Gasteiger partial charge in [-0.25, -0.2) is 4.90 Å². The molecule has 122 valence electrons. The van der Waals surface area contributed by atoms with Crippen LogP contribution in [-0.4, -0.2) is 16.7 Å². The van der Waals surface area contributed by atoms with Crippen LogP contribution < -0.4 is 4.90 Å². The molecular weight excluding hydrogens is 308 g/mol. The largest absolute Gasteiger partial charge is 0.274 e. The van der Waals surface area contributed by atoms with Crippen molar-refractivity contribution in [3.05, 3.63) is 46.0 Å². The Labute approximate surface area is 138 Å². The lowest BCUT2D eigenvalue weighted by Gasteiger charge is -2.37. The lowest BCUT2D eigenvalue weighted by Crippen LogP contribution is -2.40. The summed E-state index contributed by atoms with van der Waals surface area (Å²) < 4.78 is 0. The molecule has 1 aromatic rings. The first kappa shape index (κ1) is 13.9. The second-order valence-corrected chi connectivity index (χ2v) is 7.39. The monoisotopic (exact) mass is 324 g/mol. The van der Waals surface area contributed by atoms with Crippen molar-refractivity contribution in [1.82, 2.24) is 0 Å². The highest BCUT2D eigenvalue weighted by Crippen LogP contribution is 2.65. The molecule has 1 aliphatic heterocycles. The molecule has 6 nitrogen and oxygen atoms in total. The molecule has 1 aromatic carbocycles. The third kappa shape index (κ3) is 1.56. The Morgan fingerprint density at radius 3 is 2.21 bits per heavy atom. The molecule has 2 saturated carbocycles. The summed E-state index contributed by atoms with van der Waals surface area (Å²) in [5.74, 6) is 0.477. The minimum atomic E-state index is -0.499. The van der Waals surface area contributed by atoms with Gasteiger partial charge in [-0.1, -0.05) is 18.2 Å². The van der Waals surface area contributed by atoms with E-state index in [0.29, 0.717) is 23.1 Å². The number of rotatable bonds is 2. The Kier molecular flexibility index (Phi) is 2.50. The Hall–Kier alpha value is -2.50. The molecule has 1 saturated heterocycles. The number of hydrogen-bond donors (Lipinski definition) is 0. The van der Waals surface area contributed by atoms with Gasteiger partial charge < -0.3 is 0 Å². The fourth-order valence-corrected chi connectivity index (χ4v) is 5.15. The van der Waals surface area contributed by atoms with Crippen LogP contribution in [0.1, 0.15) is 12.0 Å². The van der Waals surface area contributed by atoms with Gasteiger partial charge in [-0.05, 0) is 42.6 Å². The number of imide groups is 1. The third-order valence-electron chi connectivity index (χ3n) is 6.31. The van der Waals surface area contributed by atoms with Crippen molar-refractivity contribution >= 4 is 23.2 Å². The van der Waals surface area contributed by atoms with Crippen molar-refractivity contribution in [1.29, 1.82) is 0 Å². The molecule has 3 fully saturated rings. The molecule has 1 heterocycles. The van der Waals surface area contributed by atoms with Gasteiger partial charge in [-0.2, -0.15) is 0 Å². The van der Waals surface area contributed by atoms with E-state index in [2.05, 4.69) is 12.2 Å². The molecule has 0 aromatic heterocycles. The summed E-state index contributed by atoms with van der Waals surface area (Å²) in [6.07, 6.45) is 5.36. The van der Waals surface area contributed by atoms with Crippen LogP contribution >= 0.6 is 0 Å². The number of nitro benzene ring substituents is 1. The number of non-ortho nitro benzene ring substituents is 1. The van der Waals surface area contributed by atoms with Crippen LogP contribution in [0.2, 0.25) is 0 Å². The maximum absolute atomic E-state index is 13.0. The molecule has 6 heteroatoms. The predicted octanol–water partition coefficient (Wildman–Crippen LogP) is 2.46. The zero-order valence-electron chi connectivity index (χ0n) is 13.1. The highest BCUT2D eigenvalue weighted by molar-refractivity contribution is 6.23. The molecule has 0 spiro atoms. The van der Waals surface area contributed by atoms with Gasteiger partial charge in [0.15, 0.2) is 0 Å².